The fourth-order valence-electron chi connectivity index (χ4n) is 0.474. The molecular weight excluding hydrogens is 415 g/mol. The Bertz CT molecular complexity index is 101. The second-order valence-corrected chi connectivity index (χ2v) is 4.54. The van der Waals surface area contributed by atoms with Gasteiger partial charge in [0.05, 0.1) is 0 Å². The maximum atomic E-state index is 4.26. The summed E-state index contributed by atoms with van der Waals surface area (Å²) in [5.41, 5.74) is 0.175. The smallest absolute Gasteiger partial charge is 0.665 e. The molecule has 0 fully saturated rings. The van der Waals surface area contributed by atoms with E-state index in [2.05, 4.69) is 49.0 Å². The van der Waals surface area contributed by atoms with E-state index in [0.29, 0.717) is 0 Å². The normalized spacial score (nSPS) is 8.70. The van der Waals surface area contributed by atoms with Crippen molar-refractivity contribution < 1.29 is 25.8 Å². The molecule has 0 aromatic heterocycles. The third kappa shape index (κ3) is 98.7. The molecule has 0 radical (unpaired) electrons. The summed E-state index contributed by atoms with van der Waals surface area (Å²) in [7, 11) is 5.42. The summed E-state index contributed by atoms with van der Waals surface area (Å²) in [6.07, 6.45) is 0. The number of rotatable bonds is 4. The van der Waals surface area contributed by atoms with Crippen LogP contribution in [0.3, 0.4) is 0 Å². The Morgan fingerprint density at radius 2 is 0.800 bits per heavy atom. The van der Waals surface area contributed by atoms with Gasteiger partial charge in [0.1, 0.15) is 0 Å². The second kappa shape index (κ2) is 31.9. The predicted octanol–water partition coefficient (Wildman–Crippen LogP) is 5.21. The van der Waals surface area contributed by atoms with Gasteiger partial charge in [0.25, 0.3) is 0 Å². The first-order valence-corrected chi connectivity index (χ1v) is 7.16. The van der Waals surface area contributed by atoms with Gasteiger partial charge in [-0.1, -0.05) is 48.5 Å². The molecule has 0 saturated carbocycles. The standard InChI is InChI=1S/C6H14N.3C3H8N.Hf/c1-5-7-6(2,3)4;3*1-3-4-2;/h5H2,1-4H3;3*3H2,1-2H3;/q4*-1;+4. The summed E-state index contributed by atoms with van der Waals surface area (Å²) in [6, 6.07) is 0. The molecule has 0 spiro atoms. The third-order valence-corrected chi connectivity index (χ3v) is 1.58. The van der Waals surface area contributed by atoms with Gasteiger partial charge in [-0.25, -0.2) is 0 Å². The first-order valence-electron chi connectivity index (χ1n) is 7.16. The van der Waals surface area contributed by atoms with E-state index in [-0.39, 0.29) is 31.4 Å². The monoisotopic (exact) mass is 454 g/mol. The molecule has 0 aliphatic rings. The molecule has 0 unspecified atom stereocenters. The van der Waals surface area contributed by atoms with E-state index in [1.807, 2.05) is 20.8 Å². The molecule has 20 heavy (non-hydrogen) atoms. The van der Waals surface area contributed by atoms with Gasteiger partial charge in [-0.2, -0.15) is 47.3 Å². The molecule has 0 atom stereocenters. The van der Waals surface area contributed by atoms with Crippen molar-refractivity contribution in [1.29, 1.82) is 0 Å². The molecule has 122 valence electrons. The van der Waals surface area contributed by atoms with E-state index in [4.69, 9.17) is 0 Å². The van der Waals surface area contributed by atoms with Crippen LogP contribution in [0.25, 0.3) is 21.3 Å². The molecule has 0 aliphatic carbocycles. The van der Waals surface area contributed by atoms with Crippen LogP contribution in [-0.4, -0.2) is 52.9 Å². The fraction of sp³-hybridized carbons (Fsp3) is 1.00. The van der Waals surface area contributed by atoms with Crippen LogP contribution in [0.4, 0.5) is 0 Å². The van der Waals surface area contributed by atoms with Gasteiger partial charge in [-0.15, -0.1) is 5.54 Å². The maximum absolute atomic E-state index is 4.26. The van der Waals surface area contributed by atoms with Gasteiger partial charge < -0.3 is 21.3 Å². The Morgan fingerprint density at radius 3 is 0.800 bits per heavy atom. The van der Waals surface area contributed by atoms with Crippen LogP contribution in [0.5, 0.6) is 0 Å². The predicted molar refractivity (Wildman–Crippen MR) is 93.1 cm³/mol. The fourth-order valence-corrected chi connectivity index (χ4v) is 0.474. The van der Waals surface area contributed by atoms with Crippen LogP contribution in [-0.2, 0) is 25.8 Å². The summed E-state index contributed by atoms with van der Waals surface area (Å²) < 4.78 is 0. The molecule has 0 aromatic rings. The molecule has 0 aliphatic heterocycles. The molecule has 0 rings (SSSR count). The van der Waals surface area contributed by atoms with Gasteiger partial charge >= 0.3 is 25.8 Å². The van der Waals surface area contributed by atoms with E-state index in [1.54, 1.807) is 21.1 Å². The van der Waals surface area contributed by atoms with Crippen molar-refractivity contribution in [1.82, 2.24) is 0 Å². The molecule has 0 heterocycles. The van der Waals surface area contributed by atoms with Crippen LogP contribution in [0, 0.1) is 0 Å². The molecule has 0 bridgehead atoms. The Balaban J connectivity index is -0.0000000512. The first-order chi connectivity index (χ1) is 8.80. The minimum atomic E-state index is 0. The van der Waals surface area contributed by atoms with Crippen molar-refractivity contribution in [3.05, 3.63) is 21.3 Å². The second-order valence-electron chi connectivity index (χ2n) is 4.54. The third-order valence-electron chi connectivity index (χ3n) is 1.58. The Hall–Kier alpha value is 0.710. The zero-order chi connectivity index (χ0) is 16.2. The summed E-state index contributed by atoms with van der Waals surface area (Å²) in [4.78, 5) is 0. The van der Waals surface area contributed by atoms with Crippen LogP contribution in [0.2, 0.25) is 0 Å². The minimum absolute atomic E-state index is 0. The van der Waals surface area contributed by atoms with E-state index in [0.717, 1.165) is 26.2 Å². The van der Waals surface area contributed by atoms with Gasteiger partial charge in [-0.3, -0.25) is 0 Å². The molecule has 4 nitrogen and oxygen atoms in total. The molecule has 0 N–H and O–H groups in total. The zero-order valence-corrected chi connectivity index (χ0v) is 19.2. The number of nitrogens with zero attached hydrogens (tertiary/aromatic N) is 4. The summed E-state index contributed by atoms with van der Waals surface area (Å²) in [5, 5.41) is 15.5. The van der Waals surface area contributed by atoms with E-state index in [9.17, 15) is 0 Å². The van der Waals surface area contributed by atoms with Gasteiger partial charge in [0.2, 0.25) is 0 Å². The largest absolute Gasteiger partial charge is 4.00 e. The van der Waals surface area contributed by atoms with Crippen molar-refractivity contribution in [3.8, 4) is 0 Å². The average molecular weight is 453 g/mol. The number of hydrogen-bond acceptors (Lipinski definition) is 0. The van der Waals surface area contributed by atoms with Crippen molar-refractivity contribution in [2.75, 3.05) is 47.3 Å². The van der Waals surface area contributed by atoms with Gasteiger partial charge in [0, 0.05) is 0 Å². The maximum Gasteiger partial charge on any atom is 4.00 e. The Morgan fingerprint density at radius 1 is 0.600 bits per heavy atom. The van der Waals surface area contributed by atoms with E-state index < -0.39 is 0 Å². The van der Waals surface area contributed by atoms with Crippen molar-refractivity contribution >= 4 is 0 Å². The van der Waals surface area contributed by atoms with Crippen molar-refractivity contribution in [3.63, 3.8) is 0 Å². The van der Waals surface area contributed by atoms with E-state index >= 15 is 0 Å². The van der Waals surface area contributed by atoms with Crippen LogP contribution in [0.1, 0.15) is 48.5 Å². The first kappa shape index (κ1) is 32.6. The SMILES string of the molecule is CC[N-]C.CC[N-]C.CC[N-]C.CC[N-]C(C)(C)C.[Hf+4]. The Labute approximate surface area is 148 Å². The van der Waals surface area contributed by atoms with Crippen LogP contribution < -0.4 is 0 Å². The Kier molecular flexibility index (Phi) is 52.0. The molecular formula is C15H38HfN4. The van der Waals surface area contributed by atoms with Crippen molar-refractivity contribution in [2.24, 2.45) is 0 Å². The minimum Gasteiger partial charge on any atom is -0.665 e. The van der Waals surface area contributed by atoms with Crippen LogP contribution >= 0.6 is 0 Å². The van der Waals surface area contributed by atoms with Crippen LogP contribution in [0.15, 0.2) is 0 Å². The average Bonchev–Trinajstić information content (AvgIpc) is 2.38. The quantitative estimate of drug-likeness (QED) is 0.526. The van der Waals surface area contributed by atoms with Crippen molar-refractivity contribution in [2.45, 2.75) is 54.0 Å². The molecule has 0 aromatic carbocycles. The molecule has 0 amide bonds. The summed E-state index contributed by atoms with van der Waals surface area (Å²) in [5.74, 6) is 0. The molecule has 5 heteroatoms. The zero-order valence-electron chi connectivity index (χ0n) is 15.6. The summed E-state index contributed by atoms with van der Waals surface area (Å²) >= 11 is 0. The van der Waals surface area contributed by atoms with Gasteiger partial charge in [-0.05, 0) is 0 Å². The van der Waals surface area contributed by atoms with Gasteiger partial charge in [0.15, 0.2) is 0 Å². The van der Waals surface area contributed by atoms with E-state index in [1.165, 1.54) is 0 Å². The number of hydrogen-bond donors (Lipinski definition) is 0. The topological polar surface area (TPSA) is 56.4 Å². The summed E-state index contributed by atoms with van der Waals surface area (Å²) in [6.45, 7) is 18.2. The molecule has 0 saturated heterocycles.